The number of hydrogen-bond acceptors (Lipinski definition) is 2. The smallest absolute Gasteiger partial charge is 0.0546 e. The maximum Gasteiger partial charge on any atom is 0.0546 e. The van der Waals surface area contributed by atoms with Gasteiger partial charge < -0.3 is 9.80 Å². The van der Waals surface area contributed by atoms with E-state index in [-0.39, 0.29) is 0 Å². The molecule has 74 heavy (non-hydrogen) atoms. The second kappa shape index (κ2) is 17.8. The van der Waals surface area contributed by atoms with Crippen LogP contribution in [-0.2, 0) is 0 Å². The number of rotatable bonds is 8. The molecule has 12 aromatic rings. The van der Waals surface area contributed by atoms with Crippen LogP contribution in [0.15, 0.2) is 170 Å². The zero-order chi connectivity index (χ0) is 51.4. The fourth-order valence-corrected chi connectivity index (χ4v) is 11.9. The molecule has 0 unspecified atom stereocenters. The molecular formula is C72H64N2. The van der Waals surface area contributed by atoms with Crippen LogP contribution in [-0.4, -0.2) is 0 Å². The molecule has 0 amide bonds. The van der Waals surface area contributed by atoms with Crippen molar-refractivity contribution in [1.82, 2.24) is 0 Å². The first kappa shape index (κ1) is 46.8. The van der Waals surface area contributed by atoms with E-state index in [4.69, 9.17) is 0 Å². The van der Waals surface area contributed by atoms with Crippen LogP contribution < -0.4 is 9.80 Å². The second-order valence-corrected chi connectivity index (χ2v) is 21.6. The largest absolute Gasteiger partial charge is 0.310 e. The lowest BCUT2D eigenvalue weighted by Crippen LogP contribution is -2.14. The van der Waals surface area contributed by atoms with Crippen molar-refractivity contribution in [2.24, 2.45) is 0 Å². The summed E-state index contributed by atoms with van der Waals surface area (Å²) >= 11 is 0. The van der Waals surface area contributed by atoms with E-state index in [1.54, 1.807) is 0 Å². The molecule has 0 N–H and O–H groups in total. The molecule has 0 radical (unpaired) electrons. The number of aryl methyl sites for hydroxylation is 8. The summed E-state index contributed by atoms with van der Waals surface area (Å²) in [5.41, 5.74) is 27.3. The maximum atomic E-state index is 2.56. The number of benzene rings is 12. The number of nitrogens with zero attached hydrogens (tertiary/aromatic N) is 2. The maximum absolute atomic E-state index is 2.56. The van der Waals surface area contributed by atoms with Crippen molar-refractivity contribution in [3.8, 4) is 22.3 Å². The summed E-state index contributed by atoms with van der Waals surface area (Å²) in [5.74, 6) is 0. The summed E-state index contributed by atoms with van der Waals surface area (Å²) in [6.45, 7) is 27.1. The molecule has 12 rings (SSSR count). The lowest BCUT2D eigenvalue weighted by molar-refractivity contribution is 1.19. The quantitative estimate of drug-likeness (QED) is 0.140. The third-order valence-electron chi connectivity index (χ3n) is 17.1. The Labute approximate surface area is 437 Å². The minimum Gasteiger partial charge on any atom is -0.310 e. The van der Waals surface area contributed by atoms with Crippen molar-refractivity contribution >= 4 is 88.0 Å². The molecule has 0 aliphatic carbocycles. The molecule has 0 aliphatic rings. The van der Waals surface area contributed by atoms with Gasteiger partial charge in [-0.05, 0) is 277 Å². The van der Waals surface area contributed by atoms with Gasteiger partial charge in [0.25, 0.3) is 0 Å². The molecule has 0 aliphatic heterocycles. The van der Waals surface area contributed by atoms with E-state index >= 15 is 0 Å². The molecular weight excluding hydrogens is 893 g/mol. The highest BCUT2D eigenvalue weighted by Crippen LogP contribution is 2.53. The average Bonchev–Trinajstić information content (AvgIpc) is 3.42. The molecule has 2 heteroatoms. The van der Waals surface area contributed by atoms with Crippen molar-refractivity contribution in [1.29, 1.82) is 0 Å². The summed E-state index contributed by atoms with van der Waals surface area (Å²) < 4.78 is 0. The Balaban J connectivity index is 1.28. The van der Waals surface area contributed by atoms with Crippen LogP contribution in [0.4, 0.5) is 34.1 Å². The van der Waals surface area contributed by atoms with E-state index in [9.17, 15) is 0 Å². The Morgan fingerprint density at radius 3 is 0.811 bits per heavy atom. The molecule has 362 valence electrons. The van der Waals surface area contributed by atoms with Gasteiger partial charge in [-0.2, -0.15) is 0 Å². The van der Waals surface area contributed by atoms with Crippen LogP contribution in [0, 0.1) is 83.1 Å². The van der Waals surface area contributed by atoms with Crippen molar-refractivity contribution in [3.63, 3.8) is 0 Å². The molecule has 0 saturated heterocycles. The molecule has 0 aromatic heterocycles. The van der Waals surface area contributed by atoms with Gasteiger partial charge in [0.2, 0.25) is 0 Å². The predicted molar refractivity (Wildman–Crippen MR) is 322 cm³/mol. The van der Waals surface area contributed by atoms with Gasteiger partial charge in [-0.3, -0.25) is 0 Å². The summed E-state index contributed by atoms with van der Waals surface area (Å²) in [6.07, 6.45) is 0. The Hall–Kier alpha value is -8.20. The van der Waals surface area contributed by atoms with Crippen LogP contribution in [0.2, 0.25) is 0 Å². The third-order valence-corrected chi connectivity index (χ3v) is 17.1. The Bertz CT molecular complexity index is 3800. The van der Waals surface area contributed by atoms with Gasteiger partial charge in [-0.1, -0.05) is 97.1 Å². The number of fused-ring (bicyclic) bond motifs is 2. The molecule has 0 spiro atoms. The fraction of sp³-hybridized carbons (Fsp3) is 0.167. The van der Waals surface area contributed by atoms with E-state index in [0.29, 0.717) is 0 Å². The monoisotopic (exact) mass is 957 g/mol. The van der Waals surface area contributed by atoms with Crippen molar-refractivity contribution < 1.29 is 0 Å². The Kier molecular flexibility index (Phi) is 11.3. The summed E-state index contributed by atoms with van der Waals surface area (Å²) in [6, 6.07) is 65.4. The first-order valence-electron chi connectivity index (χ1n) is 26.3. The van der Waals surface area contributed by atoms with E-state index in [1.165, 1.54) is 143 Å². The van der Waals surface area contributed by atoms with Crippen LogP contribution >= 0.6 is 0 Å². The van der Waals surface area contributed by atoms with Gasteiger partial charge in [0.15, 0.2) is 0 Å². The van der Waals surface area contributed by atoms with Crippen LogP contribution in [0.5, 0.6) is 0 Å². The predicted octanol–water partition coefficient (Wildman–Crippen LogP) is 20.9. The zero-order valence-electron chi connectivity index (χ0n) is 45.1. The van der Waals surface area contributed by atoms with Gasteiger partial charge in [0.1, 0.15) is 0 Å². The zero-order valence-corrected chi connectivity index (χ0v) is 45.1. The number of anilines is 6. The van der Waals surface area contributed by atoms with Crippen molar-refractivity contribution in [3.05, 3.63) is 237 Å². The fourth-order valence-electron chi connectivity index (χ4n) is 11.9. The highest BCUT2D eigenvalue weighted by atomic mass is 15.2. The molecule has 12 aromatic carbocycles. The lowest BCUT2D eigenvalue weighted by atomic mass is 9.84. The standard InChI is InChI=1S/C72H64N2/c1-41-29-59(30-42(2)49(41)9)73(60-31-43(3)50(10)44(4)32-60)69-39-67(57-23-21-53-17-13-15-19-55(53)37-57)63-26-28-66-70(74(61-33-45(5)51(11)46(6)34-61)62-35-47(7)52(12)48(8)36-62)40-68(64-25-27-65(69)71(63)72(64)66)58-24-22-54-18-14-16-20-56(54)38-58/h13-40H,1-12H3. The SMILES string of the molecule is Cc1cc(N(c2cc(C)c(C)c(C)c2)c2cc(-c3ccc4ccccc4c3)c3ccc4c(N(c5cc(C)c(C)c(C)c5)c5cc(C)c(C)c(C)c5)cc(-c5ccc6ccccc6c5)c5ccc2c3c54)cc(C)c1C. The molecule has 0 bridgehead atoms. The minimum atomic E-state index is 1.16. The molecule has 0 heterocycles. The van der Waals surface area contributed by atoms with Crippen molar-refractivity contribution in [2.45, 2.75) is 83.1 Å². The van der Waals surface area contributed by atoms with Crippen LogP contribution in [0.25, 0.3) is 76.1 Å². The first-order chi connectivity index (χ1) is 35.6. The van der Waals surface area contributed by atoms with E-state index in [0.717, 1.165) is 34.1 Å². The average molecular weight is 957 g/mol. The summed E-state index contributed by atoms with van der Waals surface area (Å²) in [7, 11) is 0. The van der Waals surface area contributed by atoms with Crippen LogP contribution in [0.3, 0.4) is 0 Å². The number of hydrogen-bond donors (Lipinski definition) is 0. The topological polar surface area (TPSA) is 6.48 Å². The Morgan fingerprint density at radius 2 is 0.514 bits per heavy atom. The summed E-state index contributed by atoms with van der Waals surface area (Å²) in [4.78, 5) is 5.12. The molecule has 0 atom stereocenters. The first-order valence-corrected chi connectivity index (χ1v) is 26.3. The molecule has 0 fully saturated rings. The van der Waals surface area contributed by atoms with Crippen LogP contribution in [0.1, 0.15) is 66.8 Å². The van der Waals surface area contributed by atoms with E-state index < -0.39 is 0 Å². The molecule has 0 saturated carbocycles. The highest BCUT2D eigenvalue weighted by molar-refractivity contribution is 6.32. The second-order valence-electron chi connectivity index (χ2n) is 21.6. The van der Waals surface area contributed by atoms with E-state index in [1.807, 2.05) is 0 Å². The lowest BCUT2D eigenvalue weighted by Gasteiger charge is -2.32. The Morgan fingerprint density at radius 1 is 0.243 bits per heavy atom. The minimum absolute atomic E-state index is 1.16. The van der Waals surface area contributed by atoms with Gasteiger partial charge in [-0.25, -0.2) is 0 Å². The summed E-state index contributed by atoms with van der Waals surface area (Å²) in [5, 5.41) is 12.4. The van der Waals surface area contributed by atoms with E-state index in [2.05, 4.69) is 263 Å². The van der Waals surface area contributed by atoms with Gasteiger partial charge >= 0.3 is 0 Å². The van der Waals surface area contributed by atoms with Gasteiger partial charge in [0.05, 0.1) is 11.4 Å². The normalized spacial score (nSPS) is 11.8. The van der Waals surface area contributed by atoms with Crippen molar-refractivity contribution in [2.75, 3.05) is 9.80 Å². The van der Waals surface area contributed by atoms with Gasteiger partial charge in [-0.15, -0.1) is 0 Å². The highest BCUT2D eigenvalue weighted by Gasteiger charge is 2.27. The van der Waals surface area contributed by atoms with Gasteiger partial charge in [0, 0.05) is 44.3 Å². The molecule has 2 nitrogen and oxygen atoms in total. The third kappa shape index (κ3) is 7.61.